The first kappa shape index (κ1) is 9.45. The normalized spacial score (nSPS) is 22.5. The van der Waals surface area contributed by atoms with Gasteiger partial charge in [0.2, 0.25) is 5.95 Å². The zero-order valence-electron chi connectivity index (χ0n) is 8.53. The molecule has 1 aliphatic heterocycles. The minimum absolute atomic E-state index is 0.381. The van der Waals surface area contributed by atoms with Crippen LogP contribution in [0.4, 0.5) is 5.95 Å². The van der Waals surface area contributed by atoms with Gasteiger partial charge in [-0.05, 0) is 31.8 Å². The SMILES string of the molecule is Cn1nc(N)nc1CC1CCCNC1. The van der Waals surface area contributed by atoms with Gasteiger partial charge in [0.1, 0.15) is 5.82 Å². The molecule has 1 saturated heterocycles. The van der Waals surface area contributed by atoms with Gasteiger partial charge in [-0.2, -0.15) is 4.98 Å². The van der Waals surface area contributed by atoms with Gasteiger partial charge >= 0.3 is 0 Å². The Morgan fingerprint density at radius 2 is 2.50 bits per heavy atom. The highest BCUT2D eigenvalue weighted by molar-refractivity contribution is 5.14. The van der Waals surface area contributed by atoms with Crippen LogP contribution in [0.25, 0.3) is 0 Å². The number of anilines is 1. The van der Waals surface area contributed by atoms with Crippen LogP contribution >= 0.6 is 0 Å². The zero-order chi connectivity index (χ0) is 9.97. The first-order valence-electron chi connectivity index (χ1n) is 5.12. The Bertz CT molecular complexity index is 300. The number of piperidine rings is 1. The molecule has 1 aliphatic rings. The van der Waals surface area contributed by atoms with E-state index in [1.807, 2.05) is 7.05 Å². The Kier molecular flexibility index (Phi) is 2.67. The quantitative estimate of drug-likeness (QED) is 0.693. The molecule has 5 nitrogen and oxygen atoms in total. The number of hydrogen-bond donors (Lipinski definition) is 2. The van der Waals surface area contributed by atoms with Crippen molar-refractivity contribution in [3.05, 3.63) is 5.82 Å². The minimum atomic E-state index is 0.381. The number of rotatable bonds is 2. The summed E-state index contributed by atoms with van der Waals surface area (Å²) in [4.78, 5) is 4.21. The molecule has 1 atom stereocenters. The van der Waals surface area contributed by atoms with Gasteiger partial charge in [-0.15, -0.1) is 5.10 Å². The molecule has 1 fully saturated rings. The second-order valence-corrected chi connectivity index (χ2v) is 3.93. The summed E-state index contributed by atoms with van der Waals surface area (Å²) in [7, 11) is 1.90. The van der Waals surface area contributed by atoms with E-state index in [2.05, 4.69) is 15.4 Å². The van der Waals surface area contributed by atoms with Crippen molar-refractivity contribution in [2.75, 3.05) is 18.8 Å². The number of aryl methyl sites for hydroxylation is 1. The smallest absolute Gasteiger partial charge is 0.239 e. The van der Waals surface area contributed by atoms with Crippen molar-refractivity contribution in [2.45, 2.75) is 19.3 Å². The van der Waals surface area contributed by atoms with Crippen LogP contribution in [-0.2, 0) is 13.5 Å². The van der Waals surface area contributed by atoms with E-state index in [4.69, 9.17) is 5.73 Å². The van der Waals surface area contributed by atoms with Gasteiger partial charge in [0.25, 0.3) is 0 Å². The monoisotopic (exact) mass is 195 g/mol. The standard InChI is InChI=1S/C9H17N5/c1-14-8(12-9(10)13-14)5-7-3-2-4-11-6-7/h7,11H,2-6H2,1H3,(H2,10,13). The summed E-state index contributed by atoms with van der Waals surface area (Å²) in [6, 6.07) is 0. The first-order valence-corrected chi connectivity index (χ1v) is 5.12. The van der Waals surface area contributed by atoms with Crippen LogP contribution in [-0.4, -0.2) is 27.9 Å². The highest BCUT2D eigenvalue weighted by atomic mass is 15.4. The average Bonchev–Trinajstić information content (AvgIpc) is 2.47. The van der Waals surface area contributed by atoms with Crippen molar-refractivity contribution in [1.29, 1.82) is 0 Å². The molecule has 78 valence electrons. The number of nitrogen functional groups attached to an aromatic ring is 1. The van der Waals surface area contributed by atoms with Crippen molar-refractivity contribution in [1.82, 2.24) is 20.1 Å². The maximum Gasteiger partial charge on any atom is 0.239 e. The summed E-state index contributed by atoms with van der Waals surface area (Å²) in [5.74, 6) is 2.06. The van der Waals surface area contributed by atoms with Crippen molar-refractivity contribution in [2.24, 2.45) is 13.0 Å². The van der Waals surface area contributed by atoms with E-state index in [1.54, 1.807) is 4.68 Å². The van der Waals surface area contributed by atoms with Gasteiger partial charge in [-0.3, -0.25) is 4.68 Å². The minimum Gasteiger partial charge on any atom is -0.366 e. The molecular formula is C9H17N5. The molecule has 14 heavy (non-hydrogen) atoms. The molecule has 0 aliphatic carbocycles. The molecule has 1 aromatic rings. The first-order chi connectivity index (χ1) is 6.75. The highest BCUT2D eigenvalue weighted by Crippen LogP contribution is 2.15. The predicted octanol–water partition coefficient (Wildman–Crippen LogP) is -0.0606. The van der Waals surface area contributed by atoms with Gasteiger partial charge in [0, 0.05) is 13.5 Å². The van der Waals surface area contributed by atoms with E-state index in [0.717, 1.165) is 25.3 Å². The molecule has 0 spiro atoms. The van der Waals surface area contributed by atoms with Crippen LogP contribution in [0.15, 0.2) is 0 Å². The molecule has 5 heteroatoms. The fraction of sp³-hybridized carbons (Fsp3) is 0.778. The highest BCUT2D eigenvalue weighted by Gasteiger charge is 2.16. The zero-order valence-corrected chi connectivity index (χ0v) is 8.53. The van der Waals surface area contributed by atoms with Crippen LogP contribution in [0.3, 0.4) is 0 Å². The Balaban J connectivity index is 1.98. The molecule has 0 amide bonds. The molecule has 3 N–H and O–H groups in total. The van der Waals surface area contributed by atoms with Crippen LogP contribution in [0, 0.1) is 5.92 Å². The Labute approximate surface area is 83.7 Å². The molecular weight excluding hydrogens is 178 g/mol. The lowest BCUT2D eigenvalue weighted by molar-refractivity contribution is 0.366. The molecule has 0 aromatic carbocycles. The topological polar surface area (TPSA) is 68.8 Å². The van der Waals surface area contributed by atoms with Crippen molar-refractivity contribution in [3.8, 4) is 0 Å². The largest absolute Gasteiger partial charge is 0.366 e. The molecule has 1 aromatic heterocycles. The van der Waals surface area contributed by atoms with Crippen molar-refractivity contribution in [3.63, 3.8) is 0 Å². The molecule has 2 heterocycles. The molecule has 2 rings (SSSR count). The van der Waals surface area contributed by atoms with Crippen LogP contribution in [0.5, 0.6) is 0 Å². The lowest BCUT2D eigenvalue weighted by Gasteiger charge is -2.21. The van der Waals surface area contributed by atoms with E-state index in [0.29, 0.717) is 11.9 Å². The summed E-state index contributed by atoms with van der Waals surface area (Å²) < 4.78 is 1.78. The van der Waals surface area contributed by atoms with Gasteiger partial charge in [0.15, 0.2) is 0 Å². The van der Waals surface area contributed by atoms with E-state index in [1.165, 1.54) is 12.8 Å². The second-order valence-electron chi connectivity index (χ2n) is 3.93. The number of aromatic nitrogens is 3. The van der Waals surface area contributed by atoms with Crippen LogP contribution < -0.4 is 11.1 Å². The lowest BCUT2D eigenvalue weighted by Crippen LogP contribution is -2.31. The van der Waals surface area contributed by atoms with E-state index in [-0.39, 0.29) is 0 Å². The van der Waals surface area contributed by atoms with E-state index in [9.17, 15) is 0 Å². The Hall–Kier alpha value is -1.10. The number of nitrogens with two attached hydrogens (primary N) is 1. The second kappa shape index (κ2) is 3.96. The molecule has 0 saturated carbocycles. The number of nitrogens with one attached hydrogen (secondary N) is 1. The Morgan fingerprint density at radius 1 is 1.64 bits per heavy atom. The predicted molar refractivity (Wildman–Crippen MR) is 54.7 cm³/mol. The molecule has 0 bridgehead atoms. The van der Waals surface area contributed by atoms with Gasteiger partial charge in [-0.25, -0.2) is 0 Å². The molecule has 0 radical (unpaired) electrons. The maximum atomic E-state index is 5.53. The maximum absolute atomic E-state index is 5.53. The number of hydrogen-bond acceptors (Lipinski definition) is 4. The number of nitrogens with zero attached hydrogens (tertiary/aromatic N) is 3. The summed E-state index contributed by atoms with van der Waals surface area (Å²) in [6.07, 6.45) is 3.52. The van der Waals surface area contributed by atoms with Crippen LogP contribution in [0.1, 0.15) is 18.7 Å². The van der Waals surface area contributed by atoms with Crippen LogP contribution in [0.2, 0.25) is 0 Å². The third kappa shape index (κ3) is 2.04. The Morgan fingerprint density at radius 3 is 3.07 bits per heavy atom. The van der Waals surface area contributed by atoms with E-state index < -0.39 is 0 Å². The summed E-state index contributed by atoms with van der Waals surface area (Å²) in [5, 5.41) is 7.43. The third-order valence-corrected chi connectivity index (χ3v) is 2.74. The fourth-order valence-electron chi connectivity index (χ4n) is 1.97. The summed E-state index contributed by atoms with van der Waals surface area (Å²) in [6.45, 7) is 2.24. The van der Waals surface area contributed by atoms with Gasteiger partial charge < -0.3 is 11.1 Å². The van der Waals surface area contributed by atoms with Gasteiger partial charge in [0.05, 0.1) is 0 Å². The lowest BCUT2D eigenvalue weighted by atomic mass is 9.96. The average molecular weight is 195 g/mol. The van der Waals surface area contributed by atoms with Crippen molar-refractivity contribution < 1.29 is 0 Å². The fourth-order valence-corrected chi connectivity index (χ4v) is 1.97. The van der Waals surface area contributed by atoms with Gasteiger partial charge in [-0.1, -0.05) is 0 Å². The summed E-state index contributed by atoms with van der Waals surface area (Å²) >= 11 is 0. The third-order valence-electron chi connectivity index (χ3n) is 2.74. The molecule has 1 unspecified atom stereocenters. The van der Waals surface area contributed by atoms with E-state index >= 15 is 0 Å². The van der Waals surface area contributed by atoms with Crippen molar-refractivity contribution >= 4 is 5.95 Å². The summed E-state index contributed by atoms with van der Waals surface area (Å²) in [5.41, 5.74) is 5.53.